The molecule has 0 N–H and O–H groups in total. The second-order valence-corrected chi connectivity index (χ2v) is 17.4. The van der Waals surface area contributed by atoms with Gasteiger partial charge in [0.2, 0.25) is 6.69 Å². The van der Waals surface area contributed by atoms with Crippen molar-refractivity contribution in [2.75, 3.05) is 0 Å². The minimum Gasteiger partial charge on any atom is -0.146 e. The fourth-order valence-electron chi connectivity index (χ4n) is 1.70. The number of hydrogen-bond donors (Lipinski definition) is 0. The van der Waals surface area contributed by atoms with Crippen LogP contribution in [0, 0.1) is 0 Å². The summed E-state index contributed by atoms with van der Waals surface area (Å²) in [7, 11) is -0.928. The summed E-state index contributed by atoms with van der Waals surface area (Å²) >= 11 is 12.4. The molecule has 0 aromatic rings. The molecular formula is C6H14Cl2Si2. The van der Waals surface area contributed by atoms with Crippen molar-refractivity contribution in [2.24, 2.45) is 0 Å². The van der Waals surface area contributed by atoms with E-state index < -0.39 is 14.8 Å². The lowest BCUT2D eigenvalue weighted by atomic mass is 10.6. The Kier molecular flexibility index (Phi) is 2.56. The van der Waals surface area contributed by atoms with Gasteiger partial charge in [0.25, 0.3) is 0 Å². The lowest BCUT2D eigenvalue weighted by Crippen LogP contribution is -2.40. The third kappa shape index (κ3) is 2.57. The van der Waals surface area contributed by atoms with Crippen LogP contribution in [0.1, 0.15) is 6.42 Å². The molecule has 0 spiro atoms. The molecule has 0 saturated carbocycles. The molecule has 1 fully saturated rings. The average Bonchev–Trinajstić information content (AvgIpc) is 1.56. The Labute approximate surface area is 74.3 Å². The van der Waals surface area contributed by atoms with Gasteiger partial charge in [-0.15, -0.1) is 22.2 Å². The first-order chi connectivity index (χ1) is 4.41. The molecule has 0 atom stereocenters. The topological polar surface area (TPSA) is 0 Å². The highest BCUT2D eigenvalue weighted by molar-refractivity contribution is 7.47. The Bertz CT molecular complexity index is 120. The molecule has 4 heteroatoms. The molecule has 0 unspecified atom stereocenters. The van der Waals surface area contributed by atoms with Gasteiger partial charge in [-0.1, -0.05) is 25.6 Å². The molecular weight excluding hydrogens is 199 g/mol. The van der Waals surface area contributed by atoms with Crippen LogP contribution < -0.4 is 0 Å². The number of hydrogen-bond acceptors (Lipinski definition) is 0. The predicted molar refractivity (Wildman–Crippen MR) is 54.0 cm³/mol. The van der Waals surface area contributed by atoms with Crippen LogP contribution in [0.5, 0.6) is 0 Å². The maximum atomic E-state index is 6.20. The number of rotatable bonds is 0. The van der Waals surface area contributed by atoms with E-state index >= 15 is 0 Å². The van der Waals surface area contributed by atoms with Crippen molar-refractivity contribution < 1.29 is 0 Å². The standard InChI is InChI=1S/C6H14Cl2Si2/c1-9(2)4-3-5-10(7,8)6-9/h3-6H2,1-2H3. The fourth-order valence-corrected chi connectivity index (χ4v) is 18.2. The second-order valence-electron chi connectivity index (χ2n) is 4.05. The summed E-state index contributed by atoms with van der Waals surface area (Å²) in [4.78, 5) is 0. The Morgan fingerprint density at radius 1 is 1.10 bits per heavy atom. The normalized spacial score (nSPS) is 30.0. The molecule has 1 aliphatic heterocycles. The van der Waals surface area contributed by atoms with Crippen LogP contribution in [0.25, 0.3) is 0 Å². The van der Waals surface area contributed by atoms with Crippen molar-refractivity contribution in [1.29, 1.82) is 0 Å². The number of halogens is 2. The van der Waals surface area contributed by atoms with Crippen LogP contribution in [0.3, 0.4) is 0 Å². The largest absolute Gasteiger partial charge is 0.248 e. The van der Waals surface area contributed by atoms with E-state index in [-0.39, 0.29) is 0 Å². The van der Waals surface area contributed by atoms with Gasteiger partial charge in [-0.25, -0.2) is 0 Å². The van der Waals surface area contributed by atoms with Crippen molar-refractivity contribution in [3.8, 4) is 0 Å². The quantitative estimate of drug-likeness (QED) is 0.426. The molecule has 0 aromatic heterocycles. The van der Waals surface area contributed by atoms with E-state index in [2.05, 4.69) is 13.1 Å². The Morgan fingerprint density at radius 3 is 2.00 bits per heavy atom. The molecule has 0 bridgehead atoms. The average molecular weight is 213 g/mol. The van der Waals surface area contributed by atoms with Crippen molar-refractivity contribution in [2.45, 2.75) is 37.3 Å². The second kappa shape index (κ2) is 2.81. The zero-order valence-electron chi connectivity index (χ0n) is 6.58. The molecule has 1 heterocycles. The van der Waals surface area contributed by atoms with E-state index in [0.717, 1.165) is 6.04 Å². The third-order valence-electron chi connectivity index (χ3n) is 2.13. The minimum atomic E-state index is -1.72. The molecule has 0 aliphatic carbocycles. The SMILES string of the molecule is C[Si]1(C)CCC[Si](Cl)(Cl)C1. The zero-order chi connectivity index (χ0) is 7.83. The highest BCUT2D eigenvalue weighted by Gasteiger charge is 2.40. The molecule has 0 nitrogen and oxygen atoms in total. The van der Waals surface area contributed by atoms with Gasteiger partial charge in [0.05, 0.1) is 0 Å². The summed E-state index contributed by atoms with van der Waals surface area (Å²) in [6.45, 7) is 3.08. The van der Waals surface area contributed by atoms with Gasteiger partial charge in [0.1, 0.15) is 0 Å². The lowest BCUT2D eigenvalue weighted by molar-refractivity contribution is 0.999. The van der Waals surface area contributed by atoms with Crippen molar-refractivity contribution >= 4 is 36.9 Å². The smallest absolute Gasteiger partial charge is 0.146 e. The van der Waals surface area contributed by atoms with Gasteiger partial charge in [0, 0.05) is 8.07 Å². The van der Waals surface area contributed by atoms with E-state index in [1.807, 2.05) is 0 Å². The maximum absolute atomic E-state index is 6.20. The van der Waals surface area contributed by atoms with Gasteiger partial charge in [-0.05, 0) is 11.7 Å². The first-order valence-corrected chi connectivity index (χ1v) is 11.6. The molecule has 0 radical (unpaired) electrons. The first kappa shape index (κ1) is 9.10. The Hall–Kier alpha value is 1.01. The Balaban J connectivity index is 2.56. The fraction of sp³-hybridized carbons (Fsp3) is 1.00. The van der Waals surface area contributed by atoms with Crippen LogP contribution in [0.15, 0.2) is 0 Å². The highest BCUT2D eigenvalue weighted by atomic mass is 35.7. The van der Waals surface area contributed by atoms with Crippen LogP contribution in [0.4, 0.5) is 0 Å². The van der Waals surface area contributed by atoms with Gasteiger partial charge in [-0.3, -0.25) is 0 Å². The van der Waals surface area contributed by atoms with Crippen molar-refractivity contribution in [3.63, 3.8) is 0 Å². The summed E-state index contributed by atoms with van der Waals surface area (Å²) < 4.78 is 0. The lowest BCUT2D eigenvalue weighted by Gasteiger charge is -2.33. The predicted octanol–water partition coefficient (Wildman–Crippen LogP) is 3.56. The minimum absolute atomic E-state index is 0.928. The van der Waals surface area contributed by atoms with Gasteiger partial charge in [0.15, 0.2) is 0 Å². The van der Waals surface area contributed by atoms with E-state index in [1.54, 1.807) is 0 Å². The highest BCUT2D eigenvalue weighted by Crippen LogP contribution is 2.39. The maximum Gasteiger partial charge on any atom is 0.248 e. The molecule has 1 saturated heterocycles. The summed E-state index contributed by atoms with van der Waals surface area (Å²) in [5.74, 6) is 0. The summed E-state index contributed by atoms with van der Waals surface area (Å²) in [5, 5.41) is 0. The van der Waals surface area contributed by atoms with E-state index in [0.29, 0.717) is 0 Å². The molecule has 1 rings (SSSR count). The molecule has 10 heavy (non-hydrogen) atoms. The van der Waals surface area contributed by atoms with Crippen LogP contribution in [-0.2, 0) is 0 Å². The first-order valence-electron chi connectivity index (χ1n) is 3.79. The van der Waals surface area contributed by atoms with E-state index in [4.69, 9.17) is 22.2 Å². The van der Waals surface area contributed by atoms with Gasteiger partial charge in [-0.2, -0.15) is 0 Å². The molecule has 0 amide bonds. The van der Waals surface area contributed by atoms with Gasteiger partial charge < -0.3 is 0 Å². The van der Waals surface area contributed by atoms with Crippen molar-refractivity contribution in [1.82, 2.24) is 0 Å². The van der Waals surface area contributed by atoms with Crippen LogP contribution >= 0.6 is 22.2 Å². The van der Waals surface area contributed by atoms with Gasteiger partial charge >= 0.3 is 0 Å². The van der Waals surface area contributed by atoms with Crippen LogP contribution in [0.2, 0.25) is 30.8 Å². The summed E-state index contributed by atoms with van der Waals surface area (Å²) in [5.41, 5.74) is 1.21. The molecule has 1 aliphatic rings. The molecule has 60 valence electrons. The third-order valence-corrected chi connectivity index (χ3v) is 14.4. The van der Waals surface area contributed by atoms with E-state index in [9.17, 15) is 0 Å². The zero-order valence-corrected chi connectivity index (χ0v) is 10.1. The van der Waals surface area contributed by atoms with Crippen molar-refractivity contribution in [3.05, 3.63) is 0 Å². The Morgan fingerprint density at radius 2 is 1.70 bits per heavy atom. The van der Waals surface area contributed by atoms with Crippen LogP contribution in [-0.4, -0.2) is 14.8 Å². The monoisotopic (exact) mass is 212 g/mol. The molecule has 0 aromatic carbocycles. The van der Waals surface area contributed by atoms with E-state index in [1.165, 1.54) is 18.1 Å². The summed E-state index contributed by atoms with van der Waals surface area (Å²) in [6.07, 6.45) is 1.29. The summed E-state index contributed by atoms with van der Waals surface area (Å²) in [6, 6.07) is 2.56.